The Morgan fingerprint density at radius 2 is 2.00 bits per heavy atom. The number of hydrogen-bond donors (Lipinski definition) is 1. The van der Waals surface area contributed by atoms with Crippen LogP contribution in [0.15, 0.2) is 18.2 Å². The number of ether oxygens (including phenoxy) is 2. The van der Waals surface area contributed by atoms with E-state index in [4.69, 9.17) is 9.47 Å². The number of benzene rings is 1. The van der Waals surface area contributed by atoms with Crippen molar-refractivity contribution in [1.29, 1.82) is 0 Å². The molecule has 1 aliphatic rings. The number of amides is 1. The average molecular weight is 315 g/mol. The van der Waals surface area contributed by atoms with Crippen molar-refractivity contribution >= 4 is 11.7 Å². The Hall–Kier alpha value is -2.83. The van der Waals surface area contributed by atoms with Crippen LogP contribution in [-0.4, -0.2) is 28.3 Å². The zero-order valence-electron chi connectivity index (χ0n) is 13.2. The number of ketones is 1. The van der Waals surface area contributed by atoms with Crippen LogP contribution in [0.5, 0.6) is 11.5 Å². The molecule has 0 aliphatic carbocycles. The van der Waals surface area contributed by atoms with Crippen molar-refractivity contribution in [3.8, 4) is 11.5 Å². The van der Waals surface area contributed by atoms with E-state index in [-0.39, 0.29) is 13.3 Å². The maximum atomic E-state index is 12.3. The number of hydrogen-bond acceptors (Lipinski definition) is 5. The van der Waals surface area contributed by atoms with Gasteiger partial charge in [0.15, 0.2) is 11.5 Å². The van der Waals surface area contributed by atoms with Gasteiger partial charge >= 0.3 is 0 Å². The topological polar surface area (TPSA) is 82.5 Å². The van der Waals surface area contributed by atoms with Crippen LogP contribution in [0.25, 0.3) is 0 Å². The lowest BCUT2D eigenvalue weighted by atomic mass is 10.1. The quantitative estimate of drug-likeness (QED) is 0.678. The third-order valence-corrected chi connectivity index (χ3v) is 3.83. The molecule has 23 heavy (non-hydrogen) atoms. The lowest BCUT2D eigenvalue weighted by Gasteiger charge is -2.06. The van der Waals surface area contributed by atoms with Gasteiger partial charge < -0.3 is 14.8 Å². The Bertz CT molecular complexity index is 795. The maximum Gasteiger partial charge on any atom is 0.292 e. The molecule has 0 spiro atoms. The predicted octanol–water partition coefficient (Wildman–Crippen LogP) is 1.26. The van der Waals surface area contributed by atoms with E-state index >= 15 is 0 Å². The molecule has 1 aromatic heterocycles. The zero-order chi connectivity index (χ0) is 16.6. The van der Waals surface area contributed by atoms with Crippen molar-refractivity contribution in [2.24, 2.45) is 7.05 Å². The summed E-state index contributed by atoms with van der Waals surface area (Å²) in [6.07, 6.45) is 0. The van der Waals surface area contributed by atoms with E-state index in [0.717, 1.165) is 5.56 Å². The van der Waals surface area contributed by atoms with Crippen molar-refractivity contribution in [2.75, 3.05) is 6.79 Å². The fourth-order valence-electron chi connectivity index (χ4n) is 2.53. The Morgan fingerprint density at radius 1 is 1.26 bits per heavy atom. The van der Waals surface area contributed by atoms with Crippen molar-refractivity contribution in [2.45, 2.75) is 20.4 Å². The van der Waals surface area contributed by atoms with Crippen molar-refractivity contribution in [3.05, 3.63) is 40.7 Å². The molecule has 7 heteroatoms. The molecule has 1 amide bonds. The first-order valence-corrected chi connectivity index (χ1v) is 7.18. The summed E-state index contributed by atoms with van der Waals surface area (Å²) < 4.78 is 12.1. The van der Waals surface area contributed by atoms with E-state index in [2.05, 4.69) is 10.4 Å². The average Bonchev–Trinajstić information content (AvgIpc) is 3.08. The van der Waals surface area contributed by atoms with Crippen LogP contribution < -0.4 is 14.8 Å². The van der Waals surface area contributed by atoms with E-state index < -0.39 is 11.7 Å². The van der Waals surface area contributed by atoms with Crippen LogP contribution in [-0.2, 0) is 18.4 Å². The second kappa shape index (κ2) is 5.75. The fourth-order valence-corrected chi connectivity index (χ4v) is 2.53. The van der Waals surface area contributed by atoms with Gasteiger partial charge in [-0.3, -0.25) is 14.3 Å². The van der Waals surface area contributed by atoms with Crippen LogP contribution in [0.3, 0.4) is 0 Å². The van der Waals surface area contributed by atoms with E-state index in [0.29, 0.717) is 28.5 Å². The van der Waals surface area contributed by atoms with Gasteiger partial charge in [0.25, 0.3) is 11.7 Å². The van der Waals surface area contributed by atoms with E-state index in [1.807, 2.05) is 6.07 Å². The third-order valence-electron chi connectivity index (χ3n) is 3.83. The van der Waals surface area contributed by atoms with Crippen molar-refractivity contribution in [3.63, 3.8) is 0 Å². The van der Waals surface area contributed by atoms with Crippen LogP contribution in [0, 0.1) is 13.8 Å². The Kier molecular flexibility index (Phi) is 3.77. The SMILES string of the molecule is Cc1nn(C)c(C)c1C(=O)C(=O)NCc1ccc2c(c1)OCO2. The lowest BCUT2D eigenvalue weighted by Crippen LogP contribution is -2.31. The Balaban J connectivity index is 1.68. The van der Waals surface area contributed by atoms with Crippen LogP contribution in [0.4, 0.5) is 0 Å². The first-order valence-electron chi connectivity index (χ1n) is 7.18. The number of Topliss-reactive ketones (excluding diaryl/α,β-unsaturated/α-hetero) is 1. The van der Waals surface area contributed by atoms with Gasteiger partial charge in [-0.1, -0.05) is 6.07 Å². The molecular weight excluding hydrogens is 298 g/mol. The second-order valence-corrected chi connectivity index (χ2v) is 5.37. The number of nitrogens with one attached hydrogen (secondary N) is 1. The lowest BCUT2D eigenvalue weighted by molar-refractivity contribution is -0.117. The summed E-state index contributed by atoms with van der Waals surface area (Å²) in [6, 6.07) is 5.38. The second-order valence-electron chi connectivity index (χ2n) is 5.37. The predicted molar refractivity (Wildman–Crippen MR) is 81.4 cm³/mol. The monoisotopic (exact) mass is 315 g/mol. The van der Waals surface area contributed by atoms with Gasteiger partial charge in [-0.25, -0.2) is 0 Å². The molecule has 0 unspecified atom stereocenters. The number of fused-ring (bicyclic) bond motifs is 1. The summed E-state index contributed by atoms with van der Waals surface area (Å²) in [7, 11) is 1.74. The molecule has 0 atom stereocenters. The number of nitrogens with zero attached hydrogens (tertiary/aromatic N) is 2. The molecule has 0 radical (unpaired) electrons. The largest absolute Gasteiger partial charge is 0.454 e. The summed E-state index contributed by atoms with van der Waals surface area (Å²) in [5.74, 6) is 0.0931. The van der Waals surface area contributed by atoms with Crippen LogP contribution >= 0.6 is 0 Å². The minimum atomic E-state index is -0.651. The summed E-state index contributed by atoms with van der Waals surface area (Å²) >= 11 is 0. The highest BCUT2D eigenvalue weighted by molar-refractivity contribution is 6.43. The van der Waals surface area contributed by atoms with E-state index in [9.17, 15) is 9.59 Å². The zero-order valence-corrected chi connectivity index (χ0v) is 13.2. The van der Waals surface area contributed by atoms with Gasteiger partial charge in [-0.2, -0.15) is 5.10 Å². The fraction of sp³-hybridized carbons (Fsp3) is 0.312. The molecule has 0 saturated heterocycles. The Labute approximate surface area is 133 Å². The normalized spacial score (nSPS) is 12.3. The minimum absolute atomic E-state index is 0.198. The molecule has 2 heterocycles. The molecule has 1 aromatic carbocycles. The van der Waals surface area contributed by atoms with Crippen LogP contribution in [0.2, 0.25) is 0 Å². The van der Waals surface area contributed by atoms with Gasteiger partial charge in [-0.15, -0.1) is 0 Å². The third kappa shape index (κ3) is 2.77. The number of rotatable bonds is 4. The highest BCUT2D eigenvalue weighted by atomic mass is 16.7. The summed E-state index contributed by atoms with van der Waals surface area (Å²) in [5.41, 5.74) is 2.41. The van der Waals surface area contributed by atoms with E-state index in [1.165, 1.54) is 0 Å². The Morgan fingerprint density at radius 3 is 2.70 bits per heavy atom. The molecule has 1 N–H and O–H groups in total. The number of aryl methyl sites for hydroxylation is 2. The molecule has 0 fully saturated rings. The molecule has 2 aromatic rings. The minimum Gasteiger partial charge on any atom is -0.454 e. The number of carbonyl (C=O) groups excluding carboxylic acids is 2. The van der Waals surface area contributed by atoms with Gasteiger partial charge in [0.2, 0.25) is 6.79 Å². The molecule has 120 valence electrons. The first-order chi connectivity index (χ1) is 11.0. The molecule has 0 bridgehead atoms. The van der Waals surface area contributed by atoms with Gasteiger partial charge in [0, 0.05) is 19.3 Å². The molecule has 0 saturated carbocycles. The highest BCUT2D eigenvalue weighted by Gasteiger charge is 2.23. The first kappa shape index (κ1) is 15.1. The summed E-state index contributed by atoms with van der Waals surface area (Å²) in [4.78, 5) is 24.4. The highest BCUT2D eigenvalue weighted by Crippen LogP contribution is 2.32. The van der Waals surface area contributed by atoms with Crippen molar-refractivity contribution in [1.82, 2.24) is 15.1 Å². The van der Waals surface area contributed by atoms with E-state index in [1.54, 1.807) is 37.7 Å². The molecule has 7 nitrogen and oxygen atoms in total. The summed E-state index contributed by atoms with van der Waals surface area (Å²) in [6.45, 7) is 3.91. The summed E-state index contributed by atoms with van der Waals surface area (Å²) in [5, 5.41) is 6.79. The molecule has 1 aliphatic heterocycles. The smallest absolute Gasteiger partial charge is 0.292 e. The number of carbonyl (C=O) groups is 2. The van der Waals surface area contributed by atoms with Crippen LogP contribution in [0.1, 0.15) is 27.3 Å². The number of aromatic nitrogens is 2. The molecular formula is C16H17N3O4. The van der Waals surface area contributed by atoms with Gasteiger partial charge in [-0.05, 0) is 31.5 Å². The van der Waals surface area contributed by atoms with Gasteiger partial charge in [0.1, 0.15) is 0 Å². The maximum absolute atomic E-state index is 12.3. The standard InChI is InChI=1S/C16H17N3O4/c1-9-14(10(2)19(3)18-9)15(20)16(21)17-7-11-4-5-12-13(6-11)23-8-22-12/h4-6H,7-8H2,1-3H3,(H,17,21). The van der Waals surface area contributed by atoms with Crippen molar-refractivity contribution < 1.29 is 19.1 Å². The molecule has 3 rings (SSSR count). The van der Waals surface area contributed by atoms with Gasteiger partial charge in [0.05, 0.1) is 11.3 Å².